The number of carboxylic acids is 1. The third-order valence-corrected chi connectivity index (χ3v) is 3.88. The molecule has 0 radical (unpaired) electrons. The van der Waals surface area contributed by atoms with Crippen molar-refractivity contribution in [2.24, 2.45) is 0 Å². The number of rotatable bonds is 3. The van der Waals surface area contributed by atoms with Crippen LogP contribution in [-0.2, 0) is 24.3 Å². The standard InChI is InChI=1S/C14H15ClN2O2/c15-9-1-2-10-11(3-4-14(18)19)13-8-16-5-6-17(13)12(10)7-9/h1-2,7,16H,3-6,8H2,(H,18,19). The minimum Gasteiger partial charge on any atom is -0.481 e. The van der Waals surface area contributed by atoms with Gasteiger partial charge in [-0.2, -0.15) is 0 Å². The second-order valence-corrected chi connectivity index (χ2v) is 5.25. The summed E-state index contributed by atoms with van der Waals surface area (Å²) in [6.07, 6.45) is 0.728. The summed E-state index contributed by atoms with van der Waals surface area (Å²) < 4.78 is 2.26. The largest absolute Gasteiger partial charge is 0.481 e. The maximum atomic E-state index is 10.8. The van der Waals surface area contributed by atoms with Crippen LogP contribution >= 0.6 is 11.6 Å². The average molecular weight is 279 g/mol. The maximum absolute atomic E-state index is 10.8. The minimum atomic E-state index is -0.758. The van der Waals surface area contributed by atoms with E-state index in [-0.39, 0.29) is 6.42 Å². The van der Waals surface area contributed by atoms with Crippen LogP contribution in [0, 0.1) is 0 Å². The molecule has 0 aliphatic carbocycles. The molecule has 0 bridgehead atoms. The van der Waals surface area contributed by atoms with Crippen LogP contribution < -0.4 is 5.32 Å². The predicted octanol–water partition coefficient (Wildman–Crippen LogP) is 2.42. The summed E-state index contributed by atoms with van der Waals surface area (Å²) in [5.74, 6) is -0.758. The van der Waals surface area contributed by atoms with Gasteiger partial charge in [-0.05, 0) is 24.1 Å². The highest BCUT2D eigenvalue weighted by molar-refractivity contribution is 6.31. The lowest BCUT2D eigenvalue weighted by Gasteiger charge is -2.18. The quantitative estimate of drug-likeness (QED) is 0.907. The van der Waals surface area contributed by atoms with Crippen LogP contribution in [0.1, 0.15) is 17.7 Å². The summed E-state index contributed by atoms with van der Waals surface area (Å²) in [4.78, 5) is 10.8. The van der Waals surface area contributed by atoms with E-state index in [2.05, 4.69) is 9.88 Å². The molecule has 5 heteroatoms. The fraction of sp³-hybridized carbons (Fsp3) is 0.357. The van der Waals surface area contributed by atoms with E-state index in [1.165, 1.54) is 5.69 Å². The van der Waals surface area contributed by atoms with E-state index in [0.29, 0.717) is 6.42 Å². The summed E-state index contributed by atoms with van der Waals surface area (Å²) in [6.45, 7) is 2.63. The number of hydrogen-bond acceptors (Lipinski definition) is 2. The molecule has 0 fully saturated rings. The van der Waals surface area contributed by atoms with Crippen molar-refractivity contribution in [3.05, 3.63) is 34.5 Å². The summed E-state index contributed by atoms with van der Waals surface area (Å²) >= 11 is 6.07. The number of fused-ring (bicyclic) bond motifs is 3. The average Bonchev–Trinajstić information content (AvgIpc) is 2.70. The molecule has 0 amide bonds. The maximum Gasteiger partial charge on any atom is 0.303 e. The first-order chi connectivity index (χ1) is 9.16. The Labute approximate surface area is 116 Å². The number of nitrogens with one attached hydrogen (secondary N) is 1. The normalized spacial score (nSPS) is 14.6. The first kappa shape index (κ1) is 12.5. The molecule has 3 rings (SSSR count). The first-order valence-electron chi connectivity index (χ1n) is 6.39. The molecule has 0 saturated carbocycles. The van der Waals surface area contributed by atoms with Gasteiger partial charge >= 0.3 is 5.97 Å². The summed E-state index contributed by atoms with van der Waals surface area (Å²) in [6, 6.07) is 5.84. The molecule has 4 nitrogen and oxygen atoms in total. The van der Waals surface area contributed by atoms with Crippen LogP contribution in [-0.4, -0.2) is 22.2 Å². The van der Waals surface area contributed by atoms with Crippen molar-refractivity contribution in [3.63, 3.8) is 0 Å². The Morgan fingerprint density at radius 2 is 2.32 bits per heavy atom. The Hall–Kier alpha value is -1.52. The molecule has 1 aliphatic heterocycles. The Kier molecular flexibility index (Phi) is 3.21. The number of halogens is 1. The van der Waals surface area contributed by atoms with Crippen molar-refractivity contribution in [2.45, 2.75) is 25.9 Å². The molecule has 0 spiro atoms. The predicted molar refractivity (Wildman–Crippen MR) is 74.6 cm³/mol. The molecule has 2 N–H and O–H groups in total. The van der Waals surface area contributed by atoms with E-state index < -0.39 is 5.97 Å². The van der Waals surface area contributed by atoms with Crippen molar-refractivity contribution in [2.75, 3.05) is 6.54 Å². The third kappa shape index (κ3) is 2.22. The summed E-state index contributed by atoms with van der Waals surface area (Å²) in [7, 11) is 0. The van der Waals surface area contributed by atoms with E-state index in [1.807, 2.05) is 18.2 Å². The van der Waals surface area contributed by atoms with E-state index in [0.717, 1.165) is 41.1 Å². The molecule has 100 valence electrons. The molecule has 0 atom stereocenters. The van der Waals surface area contributed by atoms with Crippen molar-refractivity contribution < 1.29 is 9.90 Å². The zero-order valence-corrected chi connectivity index (χ0v) is 11.2. The van der Waals surface area contributed by atoms with Gasteiger partial charge in [-0.25, -0.2) is 0 Å². The number of benzene rings is 1. The van der Waals surface area contributed by atoms with Crippen LogP contribution in [0.15, 0.2) is 18.2 Å². The van der Waals surface area contributed by atoms with Gasteiger partial charge in [0.05, 0.1) is 5.52 Å². The Balaban J connectivity index is 2.15. The highest BCUT2D eigenvalue weighted by Gasteiger charge is 2.19. The van der Waals surface area contributed by atoms with E-state index in [9.17, 15) is 4.79 Å². The number of aryl methyl sites for hydroxylation is 1. The van der Waals surface area contributed by atoms with Gasteiger partial charge < -0.3 is 15.0 Å². The van der Waals surface area contributed by atoms with E-state index in [1.54, 1.807) is 0 Å². The minimum absolute atomic E-state index is 0.161. The van der Waals surface area contributed by atoms with Crippen LogP contribution in [0.2, 0.25) is 5.02 Å². The summed E-state index contributed by atoms with van der Waals surface area (Å²) in [5.41, 5.74) is 3.45. The SMILES string of the molecule is O=C(O)CCc1c2n(c3cc(Cl)ccc13)CCNC2. The number of hydrogen-bond donors (Lipinski definition) is 2. The number of nitrogens with zero attached hydrogens (tertiary/aromatic N) is 1. The van der Waals surface area contributed by atoms with Crippen LogP contribution in [0.5, 0.6) is 0 Å². The van der Waals surface area contributed by atoms with Gasteiger partial charge in [0.1, 0.15) is 0 Å². The Morgan fingerprint density at radius 1 is 1.47 bits per heavy atom. The van der Waals surface area contributed by atoms with E-state index >= 15 is 0 Å². The highest BCUT2D eigenvalue weighted by atomic mass is 35.5. The molecular weight excluding hydrogens is 264 g/mol. The van der Waals surface area contributed by atoms with Gasteiger partial charge in [0.15, 0.2) is 0 Å². The lowest BCUT2D eigenvalue weighted by molar-refractivity contribution is -0.136. The van der Waals surface area contributed by atoms with Crippen molar-refractivity contribution in [3.8, 4) is 0 Å². The lowest BCUT2D eigenvalue weighted by atomic mass is 10.1. The first-order valence-corrected chi connectivity index (χ1v) is 6.76. The molecule has 0 unspecified atom stereocenters. The number of aliphatic carboxylic acids is 1. The summed E-state index contributed by atoms with van der Waals surface area (Å²) in [5, 5.41) is 14.1. The lowest BCUT2D eigenvalue weighted by Crippen LogP contribution is -2.28. The van der Waals surface area contributed by atoms with Crippen molar-refractivity contribution >= 4 is 28.5 Å². The van der Waals surface area contributed by atoms with Crippen LogP contribution in [0.3, 0.4) is 0 Å². The Morgan fingerprint density at radius 3 is 3.11 bits per heavy atom. The zero-order chi connectivity index (χ0) is 13.4. The molecule has 19 heavy (non-hydrogen) atoms. The Bertz CT molecular complexity index is 648. The third-order valence-electron chi connectivity index (χ3n) is 3.64. The molecule has 2 heterocycles. The second-order valence-electron chi connectivity index (χ2n) is 4.81. The number of carboxylic acid groups (broad SMARTS) is 1. The highest BCUT2D eigenvalue weighted by Crippen LogP contribution is 2.30. The zero-order valence-electron chi connectivity index (χ0n) is 10.4. The van der Waals surface area contributed by atoms with Gasteiger partial charge in [-0.1, -0.05) is 17.7 Å². The van der Waals surface area contributed by atoms with Crippen LogP contribution in [0.25, 0.3) is 10.9 Å². The molecule has 1 aromatic heterocycles. The molecule has 1 aliphatic rings. The smallest absolute Gasteiger partial charge is 0.303 e. The van der Waals surface area contributed by atoms with Gasteiger partial charge in [-0.15, -0.1) is 0 Å². The van der Waals surface area contributed by atoms with Gasteiger partial charge in [0.2, 0.25) is 0 Å². The molecule has 0 saturated heterocycles. The number of aromatic nitrogens is 1. The monoisotopic (exact) mass is 278 g/mol. The van der Waals surface area contributed by atoms with Crippen molar-refractivity contribution in [1.82, 2.24) is 9.88 Å². The van der Waals surface area contributed by atoms with E-state index in [4.69, 9.17) is 16.7 Å². The second kappa shape index (κ2) is 4.87. The molecule has 1 aromatic carbocycles. The molecule has 2 aromatic rings. The fourth-order valence-corrected chi connectivity index (χ4v) is 2.98. The van der Waals surface area contributed by atoms with Crippen LogP contribution in [0.4, 0.5) is 0 Å². The number of carbonyl (C=O) groups is 1. The topological polar surface area (TPSA) is 54.3 Å². The van der Waals surface area contributed by atoms with Gasteiger partial charge in [0, 0.05) is 42.2 Å². The van der Waals surface area contributed by atoms with Gasteiger partial charge in [0.25, 0.3) is 0 Å². The van der Waals surface area contributed by atoms with Gasteiger partial charge in [-0.3, -0.25) is 4.79 Å². The molecular formula is C14H15ClN2O2. The fourth-order valence-electron chi connectivity index (χ4n) is 2.81. The van der Waals surface area contributed by atoms with Crippen molar-refractivity contribution in [1.29, 1.82) is 0 Å².